The van der Waals surface area contributed by atoms with Crippen molar-refractivity contribution in [2.75, 3.05) is 11.4 Å². The lowest BCUT2D eigenvalue weighted by Crippen LogP contribution is -2.41. The maximum atomic E-state index is 12.5. The zero-order chi connectivity index (χ0) is 19.2. The van der Waals surface area contributed by atoms with E-state index >= 15 is 0 Å². The molecule has 2 N–H and O–H groups in total. The van der Waals surface area contributed by atoms with Crippen LogP contribution in [0.2, 0.25) is 0 Å². The highest BCUT2D eigenvalue weighted by atomic mass is 16.6. The molecule has 4 rings (SSSR count). The predicted molar refractivity (Wildman–Crippen MR) is 99.5 cm³/mol. The molecule has 142 valence electrons. The van der Waals surface area contributed by atoms with E-state index < -0.39 is 5.60 Å². The summed E-state index contributed by atoms with van der Waals surface area (Å²) >= 11 is 0. The first-order valence-electron chi connectivity index (χ1n) is 8.94. The van der Waals surface area contributed by atoms with Crippen LogP contribution in [0.15, 0.2) is 29.1 Å². The number of carbonyl (C=O) groups is 1. The normalized spacial score (nSPS) is 17.6. The molecule has 0 spiro atoms. The summed E-state index contributed by atoms with van der Waals surface area (Å²) in [5.41, 5.74) is 1.71. The van der Waals surface area contributed by atoms with Crippen LogP contribution in [0.4, 0.5) is 5.95 Å². The second-order valence-corrected chi connectivity index (χ2v) is 7.66. The zero-order valence-electron chi connectivity index (χ0n) is 15.5. The molecule has 2 aromatic heterocycles. The van der Waals surface area contributed by atoms with Gasteiger partial charge in [0.1, 0.15) is 17.4 Å². The average molecular weight is 370 g/mol. The Kier molecular flexibility index (Phi) is 4.05. The number of anilines is 1. The van der Waals surface area contributed by atoms with Gasteiger partial charge in [-0.2, -0.15) is 0 Å². The minimum absolute atomic E-state index is 0.0581. The van der Waals surface area contributed by atoms with Crippen molar-refractivity contribution in [2.45, 2.75) is 45.3 Å². The summed E-state index contributed by atoms with van der Waals surface area (Å²) in [6, 6.07) is 2.94. The van der Waals surface area contributed by atoms with Gasteiger partial charge in [0.25, 0.3) is 0 Å². The number of phenolic OH excluding ortho intramolecular Hbond substituents is 1. The lowest BCUT2D eigenvalue weighted by atomic mass is 10.1. The summed E-state index contributed by atoms with van der Waals surface area (Å²) in [4.78, 5) is 26.3. The highest BCUT2D eigenvalue weighted by Crippen LogP contribution is 2.34. The fourth-order valence-corrected chi connectivity index (χ4v) is 3.37. The molecule has 0 aliphatic carbocycles. The SMILES string of the molecule is CC(C)(C)OC(=O)C1CCCN1c1nc(-c2ccc(O)c3ncoc23)c[nH]1. The molecule has 1 fully saturated rings. The Labute approximate surface area is 156 Å². The van der Waals surface area contributed by atoms with Gasteiger partial charge >= 0.3 is 5.97 Å². The summed E-state index contributed by atoms with van der Waals surface area (Å²) in [6.07, 6.45) is 4.68. The number of nitrogens with one attached hydrogen (secondary N) is 1. The summed E-state index contributed by atoms with van der Waals surface area (Å²) in [5.74, 6) is 0.432. The smallest absolute Gasteiger partial charge is 0.329 e. The number of hydrogen-bond donors (Lipinski definition) is 2. The Bertz CT molecular complexity index is 985. The third kappa shape index (κ3) is 3.22. The van der Waals surface area contributed by atoms with E-state index in [1.807, 2.05) is 25.7 Å². The molecule has 0 radical (unpaired) electrons. The largest absolute Gasteiger partial charge is 0.506 e. The molecule has 1 aliphatic heterocycles. The van der Waals surface area contributed by atoms with Crippen molar-refractivity contribution in [3.63, 3.8) is 0 Å². The number of benzene rings is 1. The number of carbonyl (C=O) groups excluding carboxylic acids is 1. The van der Waals surface area contributed by atoms with Gasteiger partial charge in [-0.25, -0.2) is 14.8 Å². The van der Waals surface area contributed by atoms with Crippen LogP contribution in [0.5, 0.6) is 5.75 Å². The number of nitrogens with zero attached hydrogens (tertiary/aromatic N) is 3. The number of fused-ring (bicyclic) bond motifs is 1. The number of phenols is 1. The van der Waals surface area contributed by atoms with Gasteiger partial charge in [0.05, 0.1) is 5.69 Å². The Morgan fingerprint density at radius 2 is 2.22 bits per heavy atom. The molecular formula is C19H22N4O4. The van der Waals surface area contributed by atoms with Crippen molar-refractivity contribution in [3.05, 3.63) is 24.7 Å². The van der Waals surface area contributed by atoms with Crippen LogP contribution in [0.3, 0.4) is 0 Å². The molecule has 27 heavy (non-hydrogen) atoms. The van der Waals surface area contributed by atoms with E-state index in [0.717, 1.165) is 24.9 Å². The molecule has 1 aliphatic rings. The third-order valence-electron chi connectivity index (χ3n) is 4.51. The summed E-state index contributed by atoms with van der Waals surface area (Å²) in [7, 11) is 0. The van der Waals surface area contributed by atoms with E-state index in [9.17, 15) is 9.90 Å². The highest BCUT2D eigenvalue weighted by Gasteiger charge is 2.35. The van der Waals surface area contributed by atoms with Gasteiger partial charge in [0.2, 0.25) is 5.95 Å². The first-order valence-corrected chi connectivity index (χ1v) is 8.94. The van der Waals surface area contributed by atoms with Crippen molar-refractivity contribution in [3.8, 4) is 17.0 Å². The minimum atomic E-state index is -0.524. The first-order chi connectivity index (χ1) is 12.8. The van der Waals surface area contributed by atoms with Crippen molar-refractivity contribution < 1.29 is 19.1 Å². The molecule has 0 bridgehead atoms. The van der Waals surface area contributed by atoms with E-state index in [4.69, 9.17) is 9.15 Å². The van der Waals surface area contributed by atoms with Crippen LogP contribution in [-0.2, 0) is 9.53 Å². The first kappa shape index (κ1) is 17.4. The molecule has 1 aromatic carbocycles. The number of oxazole rings is 1. The lowest BCUT2D eigenvalue weighted by molar-refractivity contribution is -0.156. The second kappa shape index (κ2) is 6.29. The van der Waals surface area contributed by atoms with Gasteiger partial charge in [-0.3, -0.25) is 0 Å². The molecule has 3 aromatic rings. The standard InChI is InChI=1S/C19H22N4O4/c1-19(2,3)27-17(25)13-5-4-8-23(13)18-20-9-12(22-18)11-6-7-14(24)15-16(11)26-10-21-15/h6-7,9-10,13,24H,4-5,8H2,1-3H3,(H,20,22). The quantitative estimate of drug-likeness (QED) is 0.682. The fourth-order valence-electron chi connectivity index (χ4n) is 3.37. The minimum Gasteiger partial charge on any atom is -0.506 e. The molecule has 0 saturated carbocycles. The van der Waals surface area contributed by atoms with Crippen molar-refractivity contribution in [1.29, 1.82) is 0 Å². The molecule has 8 heteroatoms. The molecule has 1 saturated heterocycles. The monoisotopic (exact) mass is 370 g/mol. The van der Waals surface area contributed by atoms with E-state index in [1.54, 1.807) is 18.3 Å². The Morgan fingerprint density at radius 3 is 3.00 bits per heavy atom. The Hall–Kier alpha value is -3.03. The number of aromatic nitrogens is 3. The summed E-state index contributed by atoms with van der Waals surface area (Å²) in [5, 5.41) is 9.89. The number of esters is 1. The van der Waals surface area contributed by atoms with Crippen molar-refractivity contribution in [2.24, 2.45) is 0 Å². The Balaban J connectivity index is 1.63. The molecular weight excluding hydrogens is 348 g/mol. The van der Waals surface area contributed by atoms with Crippen LogP contribution < -0.4 is 4.90 Å². The molecule has 0 amide bonds. The van der Waals surface area contributed by atoms with Crippen LogP contribution in [-0.4, -0.2) is 44.2 Å². The van der Waals surface area contributed by atoms with E-state index in [-0.39, 0.29) is 17.8 Å². The van der Waals surface area contributed by atoms with E-state index in [0.29, 0.717) is 22.7 Å². The van der Waals surface area contributed by atoms with Crippen LogP contribution in [0.25, 0.3) is 22.4 Å². The summed E-state index contributed by atoms with van der Waals surface area (Å²) in [6.45, 7) is 6.32. The van der Waals surface area contributed by atoms with Gasteiger partial charge in [0, 0.05) is 18.3 Å². The van der Waals surface area contributed by atoms with Gasteiger partial charge in [0.15, 0.2) is 17.5 Å². The second-order valence-electron chi connectivity index (χ2n) is 7.66. The number of aromatic hydroxyl groups is 1. The number of ether oxygens (including phenoxy) is 1. The van der Waals surface area contributed by atoms with Gasteiger partial charge in [-0.15, -0.1) is 0 Å². The molecule has 8 nitrogen and oxygen atoms in total. The maximum Gasteiger partial charge on any atom is 0.329 e. The zero-order valence-corrected chi connectivity index (χ0v) is 15.5. The average Bonchev–Trinajstić information content (AvgIpc) is 3.33. The lowest BCUT2D eigenvalue weighted by Gasteiger charge is -2.27. The number of hydrogen-bond acceptors (Lipinski definition) is 7. The highest BCUT2D eigenvalue weighted by molar-refractivity contribution is 5.92. The molecule has 3 heterocycles. The topological polar surface area (TPSA) is 104 Å². The fraction of sp³-hybridized carbons (Fsp3) is 0.421. The van der Waals surface area contributed by atoms with Crippen molar-refractivity contribution in [1.82, 2.24) is 15.0 Å². The van der Waals surface area contributed by atoms with Crippen LogP contribution >= 0.6 is 0 Å². The number of aromatic amines is 1. The summed E-state index contributed by atoms with van der Waals surface area (Å²) < 4.78 is 11.0. The third-order valence-corrected chi connectivity index (χ3v) is 4.51. The molecule has 1 unspecified atom stereocenters. The van der Waals surface area contributed by atoms with Gasteiger partial charge < -0.3 is 24.1 Å². The number of H-pyrrole nitrogens is 1. The maximum absolute atomic E-state index is 12.5. The van der Waals surface area contributed by atoms with Gasteiger partial charge in [-0.1, -0.05) is 0 Å². The van der Waals surface area contributed by atoms with Gasteiger partial charge in [-0.05, 0) is 45.7 Å². The van der Waals surface area contributed by atoms with Crippen LogP contribution in [0.1, 0.15) is 33.6 Å². The number of imidazole rings is 1. The van der Waals surface area contributed by atoms with Crippen LogP contribution in [0, 0.1) is 0 Å². The molecule has 1 atom stereocenters. The van der Waals surface area contributed by atoms with E-state index in [2.05, 4.69) is 15.0 Å². The Morgan fingerprint density at radius 1 is 1.41 bits per heavy atom. The van der Waals surface area contributed by atoms with Crippen molar-refractivity contribution >= 4 is 23.0 Å². The number of rotatable bonds is 3. The van der Waals surface area contributed by atoms with E-state index in [1.165, 1.54) is 6.39 Å². The predicted octanol–water partition coefficient (Wildman–Crippen LogP) is 3.23.